The molecular weight excluding hydrogens is 348 g/mol. The average molecular weight is 409 g/mol. The molecule has 0 radical (unpaired) electrons. The predicted molar refractivity (Wildman–Crippen MR) is 136 cm³/mol. The van der Waals surface area contributed by atoms with E-state index in [1.807, 2.05) is 0 Å². The van der Waals surface area contributed by atoms with E-state index in [9.17, 15) is 0 Å². The van der Waals surface area contributed by atoms with Crippen LogP contribution in [-0.4, -0.2) is 0 Å². The smallest absolute Gasteiger partial charge is 0.0388 e. The molecule has 0 saturated heterocycles. The molecule has 0 rings (SSSR count). The molecule has 29 heavy (non-hydrogen) atoms. The number of rotatable bonds is 20. The summed E-state index contributed by atoms with van der Waals surface area (Å²) in [5.41, 5.74) is 0. The Labute approximate surface area is 187 Å². The summed E-state index contributed by atoms with van der Waals surface area (Å²) < 4.78 is 0. The monoisotopic (exact) mass is 408 g/mol. The Hall–Kier alpha value is 0. The lowest BCUT2D eigenvalue weighted by Gasteiger charge is -2.27. The Balaban J connectivity index is 4.25. The van der Waals surface area contributed by atoms with E-state index in [4.69, 9.17) is 0 Å². The lowest BCUT2D eigenvalue weighted by Crippen LogP contribution is -2.15. The van der Waals surface area contributed by atoms with E-state index in [1.165, 1.54) is 96.3 Å². The number of hydrogen-bond donors (Lipinski definition) is 0. The fourth-order valence-corrected chi connectivity index (χ4v) is 4.84. The van der Waals surface area contributed by atoms with Crippen molar-refractivity contribution in [3.05, 3.63) is 0 Å². The second-order valence-corrected chi connectivity index (χ2v) is 11.4. The third-order valence-corrected chi connectivity index (χ3v) is 7.70. The van der Waals surface area contributed by atoms with Gasteiger partial charge in [-0.2, -0.15) is 0 Å². The van der Waals surface area contributed by atoms with Gasteiger partial charge in [0.25, 0.3) is 0 Å². The highest BCUT2D eigenvalue weighted by molar-refractivity contribution is 4.71. The second kappa shape index (κ2) is 18.7. The SMILES string of the molecule is CCCCCC(C)CCCC(C)CCC(CCC(C)CC)C(C)CCCC(C)C. The van der Waals surface area contributed by atoms with Gasteiger partial charge < -0.3 is 0 Å². The first-order valence-electron chi connectivity index (χ1n) is 13.8. The largest absolute Gasteiger partial charge is 0.0654 e. The molecule has 0 heteroatoms. The molecule has 0 aromatic carbocycles. The molecule has 0 amide bonds. The molecule has 0 aliphatic carbocycles. The normalized spacial score (nSPS) is 17.3. The van der Waals surface area contributed by atoms with Crippen LogP contribution in [0.2, 0.25) is 0 Å². The van der Waals surface area contributed by atoms with Crippen molar-refractivity contribution < 1.29 is 0 Å². The Morgan fingerprint density at radius 2 is 0.966 bits per heavy atom. The van der Waals surface area contributed by atoms with Gasteiger partial charge in [0.05, 0.1) is 0 Å². The number of unbranched alkanes of at least 4 members (excludes halogenated alkanes) is 2. The van der Waals surface area contributed by atoms with Crippen molar-refractivity contribution in [1.29, 1.82) is 0 Å². The van der Waals surface area contributed by atoms with Gasteiger partial charge >= 0.3 is 0 Å². The van der Waals surface area contributed by atoms with Crippen LogP contribution in [-0.2, 0) is 0 Å². The molecule has 5 atom stereocenters. The molecule has 0 aliphatic heterocycles. The van der Waals surface area contributed by atoms with E-state index in [1.54, 1.807) is 0 Å². The third-order valence-electron chi connectivity index (χ3n) is 7.70. The summed E-state index contributed by atoms with van der Waals surface area (Å²) in [6, 6.07) is 0. The van der Waals surface area contributed by atoms with Crippen LogP contribution in [0.25, 0.3) is 0 Å². The maximum absolute atomic E-state index is 2.56. The quantitative estimate of drug-likeness (QED) is 0.176. The van der Waals surface area contributed by atoms with Gasteiger partial charge in [-0.1, -0.05) is 139 Å². The highest BCUT2D eigenvalue weighted by atomic mass is 14.2. The minimum atomic E-state index is 0.866. The summed E-state index contributed by atoms with van der Waals surface area (Å²) in [5.74, 6) is 5.53. The lowest BCUT2D eigenvalue weighted by molar-refractivity contribution is 0.247. The molecule has 0 fully saturated rings. The molecule has 176 valence electrons. The number of hydrogen-bond acceptors (Lipinski definition) is 0. The van der Waals surface area contributed by atoms with Crippen LogP contribution in [0.4, 0.5) is 0 Å². The third kappa shape index (κ3) is 17.4. The predicted octanol–water partition coefficient (Wildman–Crippen LogP) is 10.7. The van der Waals surface area contributed by atoms with Crippen LogP contribution in [0.1, 0.15) is 152 Å². The highest BCUT2D eigenvalue weighted by Crippen LogP contribution is 2.32. The zero-order valence-corrected chi connectivity index (χ0v) is 22.1. The molecule has 0 bridgehead atoms. The second-order valence-electron chi connectivity index (χ2n) is 11.4. The molecule has 0 aliphatic rings. The first-order chi connectivity index (χ1) is 13.8. The van der Waals surface area contributed by atoms with Crippen LogP contribution >= 0.6 is 0 Å². The fraction of sp³-hybridized carbons (Fsp3) is 1.00. The fourth-order valence-electron chi connectivity index (χ4n) is 4.84. The van der Waals surface area contributed by atoms with Gasteiger partial charge in [0, 0.05) is 0 Å². The van der Waals surface area contributed by atoms with E-state index in [0.717, 1.165) is 35.5 Å². The van der Waals surface area contributed by atoms with Gasteiger partial charge in [-0.05, 0) is 48.3 Å². The van der Waals surface area contributed by atoms with E-state index in [-0.39, 0.29) is 0 Å². The maximum atomic E-state index is 2.56. The van der Waals surface area contributed by atoms with E-state index in [0.29, 0.717) is 0 Å². The first kappa shape index (κ1) is 29.0. The lowest BCUT2D eigenvalue weighted by atomic mass is 9.79. The minimum absolute atomic E-state index is 0.866. The summed E-state index contributed by atoms with van der Waals surface area (Å²) in [6.07, 6.45) is 21.5. The standard InChI is InChI=1S/C29H60/c1-9-11-12-16-26(6)17-14-18-27(7)21-23-29(22-20-25(5)10-2)28(8)19-13-15-24(3)4/h24-29H,9-23H2,1-8H3. The summed E-state index contributed by atoms with van der Waals surface area (Å²) in [6.45, 7) is 19.4. The molecule has 0 heterocycles. The van der Waals surface area contributed by atoms with Gasteiger partial charge in [-0.3, -0.25) is 0 Å². The van der Waals surface area contributed by atoms with Crippen molar-refractivity contribution in [2.75, 3.05) is 0 Å². The van der Waals surface area contributed by atoms with E-state index < -0.39 is 0 Å². The summed E-state index contributed by atoms with van der Waals surface area (Å²) in [4.78, 5) is 0. The van der Waals surface area contributed by atoms with Crippen molar-refractivity contribution in [2.24, 2.45) is 35.5 Å². The van der Waals surface area contributed by atoms with Gasteiger partial charge in [0.2, 0.25) is 0 Å². The van der Waals surface area contributed by atoms with E-state index in [2.05, 4.69) is 55.4 Å². The molecule has 0 nitrogen and oxygen atoms in total. The van der Waals surface area contributed by atoms with E-state index >= 15 is 0 Å². The molecule has 0 saturated carbocycles. The van der Waals surface area contributed by atoms with Gasteiger partial charge in [0.1, 0.15) is 0 Å². The Morgan fingerprint density at radius 1 is 0.448 bits per heavy atom. The van der Waals surface area contributed by atoms with Crippen molar-refractivity contribution >= 4 is 0 Å². The van der Waals surface area contributed by atoms with Crippen LogP contribution in [0, 0.1) is 35.5 Å². The van der Waals surface area contributed by atoms with Gasteiger partial charge in [-0.15, -0.1) is 0 Å². The Bertz CT molecular complexity index is 331. The summed E-state index contributed by atoms with van der Waals surface area (Å²) in [7, 11) is 0. The van der Waals surface area contributed by atoms with Crippen LogP contribution < -0.4 is 0 Å². The van der Waals surface area contributed by atoms with Gasteiger partial charge in [-0.25, -0.2) is 0 Å². The van der Waals surface area contributed by atoms with Gasteiger partial charge in [0.15, 0.2) is 0 Å². The Morgan fingerprint density at radius 3 is 1.52 bits per heavy atom. The molecule has 0 aromatic heterocycles. The first-order valence-corrected chi connectivity index (χ1v) is 13.8. The minimum Gasteiger partial charge on any atom is -0.0654 e. The molecular formula is C29H60. The van der Waals surface area contributed by atoms with Crippen molar-refractivity contribution in [3.63, 3.8) is 0 Å². The molecule has 0 N–H and O–H groups in total. The zero-order chi connectivity index (χ0) is 22.1. The highest BCUT2D eigenvalue weighted by Gasteiger charge is 2.19. The molecule has 5 unspecified atom stereocenters. The summed E-state index contributed by atoms with van der Waals surface area (Å²) in [5, 5.41) is 0. The summed E-state index contributed by atoms with van der Waals surface area (Å²) >= 11 is 0. The van der Waals surface area contributed by atoms with Crippen LogP contribution in [0.3, 0.4) is 0 Å². The average Bonchev–Trinajstić information content (AvgIpc) is 2.67. The molecule has 0 spiro atoms. The topological polar surface area (TPSA) is 0 Å². The zero-order valence-electron chi connectivity index (χ0n) is 22.1. The van der Waals surface area contributed by atoms with Crippen molar-refractivity contribution in [3.8, 4) is 0 Å². The van der Waals surface area contributed by atoms with Crippen molar-refractivity contribution in [1.82, 2.24) is 0 Å². The van der Waals surface area contributed by atoms with Crippen LogP contribution in [0.15, 0.2) is 0 Å². The van der Waals surface area contributed by atoms with Crippen molar-refractivity contribution in [2.45, 2.75) is 152 Å². The Kier molecular flexibility index (Phi) is 18.7. The molecule has 0 aromatic rings. The maximum Gasteiger partial charge on any atom is -0.0388 e. The van der Waals surface area contributed by atoms with Crippen LogP contribution in [0.5, 0.6) is 0 Å².